The van der Waals surface area contributed by atoms with E-state index in [0.29, 0.717) is 39.3 Å². The summed E-state index contributed by atoms with van der Waals surface area (Å²) in [4.78, 5) is 13.9. The average molecular weight is 876 g/mol. The number of ether oxygens (including phenoxy) is 1. The Balaban J connectivity index is 1.00. The third-order valence-electron chi connectivity index (χ3n) is 13.5. The van der Waals surface area contributed by atoms with Crippen LogP contribution in [0, 0.1) is 0 Å². The first kappa shape index (κ1) is 33.2. The van der Waals surface area contributed by atoms with Crippen LogP contribution in [0.25, 0.3) is 82.5 Å². The van der Waals surface area contributed by atoms with Crippen LogP contribution in [0.2, 0.25) is 0 Å². The highest BCUT2D eigenvalue weighted by Gasteiger charge is 2.34. The van der Waals surface area contributed by atoms with E-state index in [0.717, 1.165) is 77.5 Å². The fourth-order valence-corrected chi connectivity index (χ4v) is 10.4. The molecule has 0 spiro atoms. The fourth-order valence-electron chi connectivity index (χ4n) is 10.4. The van der Waals surface area contributed by atoms with E-state index in [1.54, 1.807) is 0 Å². The van der Waals surface area contributed by atoms with Crippen LogP contribution in [0.4, 0.5) is 22.7 Å². The standard InChI is InChI=1S/C59H47N7O/c1-59(2,3)38-30-32-60-51(33-38)66-49-27-16-31-61-55(49)44-29-28-41(35-50(44)66)67-40-20-15-19-39(34-40)64-36-65(48-26-14-13-25-47(48)64)58-56-53(42-21-9-11-23-45(42)62(56)4)52(37-17-7-6-8-18-37)54-43-22-10-12-24-46(43)63(5)57(54)58/h6-35H,36H2,1-5H3/i4D3,5D3. The quantitative estimate of drug-likeness (QED) is 0.167. The van der Waals surface area contributed by atoms with Gasteiger partial charge < -0.3 is 23.7 Å². The fraction of sp³-hybridized carbons (Fsp3) is 0.119. The third kappa shape index (κ3) is 5.85. The minimum Gasteiger partial charge on any atom is -0.457 e. The number of fused-ring (bicyclic) bond motifs is 10. The van der Waals surface area contributed by atoms with Gasteiger partial charge in [-0.25, -0.2) is 4.98 Å². The van der Waals surface area contributed by atoms with Crippen LogP contribution in [0.5, 0.6) is 11.5 Å². The largest absolute Gasteiger partial charge is 0.457 e. The molecule has 0 bridgehead atoms. The zero-order valence-electron chi connectivity index (χ0n) is 43.1. The Morgan fingerprint density at radius 1 is 0.537 bits per heavy atom. The summed E-state index contributed by atoms with van der Waals surface area (Å²) in [6.45, 7) is 1.46. The normalized spacial score (nSPS) is 14.7. The summed E-state index contributed by atoms with van der Waals surface area (Å²) in [6, 6.07) is 55.2. The van der Waals surface area contributed by atoms with Gasteiger partial charge in [-0.3, -0.25) is 9.55 Å². The molecule has 0 atom stereocenters. The topological polar surface area (TPSA) is 56.3 Å². The van der Waals surface area contributed by atoms with Gasteiger partial charge in [0.15, 0.2) is 0 Å². The van der Waals surface area contributed by atoms with Gasteiger partial charge in [-0.1, -0.05) is 106 Å². The monoisotopic (exact) mass is 875 g/mol. The number of benzene rings is 7. The van der Waals surface area contributed by atoms with Gasteiger partial charge in [-0.05, 0) is 89.3 Å². The van der Waals surface area contributed by atoms with Gasteiger partial charge in [0.2, 0.25) is 0 Å². The summed E-state index contributed by atoms with van der Waals surface area (Å²) in [5.41, 5.74) is 10.2. The van der Waals surface area contributed by atoms with Crippen molar-refractivity contribution in [3.05, 3.63) is 188 Å². The van der Waals surface area contributed by atoms with Crippen molar-refractivity contribution in [2.75, 3.05) is 16.5 Å². The third-order valence-corrected chi connectivity index (χ3v) is 13.5. The number of anilines is 4. The Hall–Kier alpha value is -8.36. The molecular weight excluding hydrogens is 823 g/mol. The van der Waals surface area contributed by atoms with E-state index in [2.05, 4.69) is 53.3 Å². The first-order valence-corrected chi connectivity index (χ1v) is 22.5. The summed E-state index contributed by atoms with van der Waals surface area (Å²) >= 11 is 0. The highest BCUT2D eigenvalue weighted by molar-refractivity contribution is 6.33. The van der Waals surface area contributed by atoms with Crippen LogP contribution >= 0.6 is 0 Å². The Bertz CT molecular complexity index is 4090. The minimum absolute atomic E-state index is 0.0815. The molecule has 0 saturated heterocycles. The lowest BCUT2D eigenvalue weighted by atomic mass is 9.88. The molecule has 1 aliphatic heterocycles. The second-order valence-electron chi connectivity index (χ2n) is 18.4. The number of aromatic nitrogens is 5. The van der Waals surface area contributed by atoms with Crippen molar-refractivity contribution in [3.8, 4) is 28.4 Å². The van der Waals surface area contributed by atoms with Crippen molar-refractivity contribution in [2.24, 2.45) is 14.0 Å². The van der Waals surface area contributed by atoms with Crippen LogP contribution in [0.1, 0.15) is 34.6 Å². The predicted octanol–water partition coefficient (Wildman–Crippen LogP) is 14.9. The van der Waals surface area contributed by atoms with Gasteiger partial charge in [-0.15, -0.1) is 0 Å². The zero-order valence-corrected chi connectivity index (χ0v) is 37.1. The first-order chi connectivity index (χ1) is 35.1. The van der Waals surface area contributed by atoms with Crippen molar-refractivity contribution in [1.82, 2.24) is 23.7 Å². The Morgan fingerprint density at radius 3 is 1.91 bits per heavy atom. The highest BCUT2D eigenvalue weighted by Crippen LogP contribution is 2.54. The molecule has 8 heteroatoms. The number of nitrogens with zero attached hydrogens (tertiary/aromatic N) is 7. The number of hydrogen-bond donors (Lipinski definition) is 0. The van der Waals surface area contributed by atoms with Crippen molar-refractivity contribution >= 4 is 88.3 Å². The molecule has 0 aliphatic carbocycles. The molecule has 0 saturated carbocycles. The molecule has 6 heterocycles. The van der Waals surface area contributed by atoms with E-state index in [-0.39, 0.29) is 12.1 Å². The van der Waals surface area contributed by atoms with Gasteiger partial charge in [0, 0.05) is 95.9 Å². The maximum Gasteiger partial charge on any atom is 0.137 e. The molecule has 13 rings (SSSR count). The van der Waals surface area contributed by atoms with Gasteiger partial charge in [0.25, 0.3) is 0 Å². The summed E-state index contributed by atoms with van der Waals surface area (Å²) < 4.78 is 67.0. The maximum atomic E-state index is 9.21. The molecule has 0 N–H and O–H groups in total. The predicted molar refractivity (Wildman–Crippen MR) is 277 cm³/mol. The molecule has 0 amide bonds. The number of aryl methyl sites for hydroxylation is 2. The number of hydrogen-bond acceptors (Lipinski definition) is 5. The van der Waals surface area contributed by atoms with Crippen molar-refractivity contribution in [2.45, 2.75) is 26.2 Å². The van der Waals surface area contributed by atoms with Crippen LogP contribution < -0.4 is 14.5 Å². The summed E-state index contributed by atoms with van der Waals surface area (Å²) in [6.07, 6.45) is 3.67. The molecule has 0 radical (unpaired) electrons. The van der Waals surface area contributed by atoms with Crippen LogP contribution in [0.3, 0.4) is 0 Å². The summed E-state index contributed by atoms with van der Waals surface area (Å²) in [5.74, 6) is 2.02. The molecule has 324 valence electrons. The van der Waals surface area contributed by atoms with Gasteiger partial charge in [0.05, 0.1) is 44.6 Å². The smallest absolute Gasteiger partial charge is 0.137 e. The second-order valence-corrected chi connectivity index (χ2v) is 18.4. The van der Waals surface area contributed by atoms with Crippen molar-refractivity contribution in [1.29, 1.82) is 0 Å². The Labute approximate surface area is 396 Å². The van der Waals surface area contributed by atoms with Gasteiger partial charge in [0.1, 0.15) is 24.0 Å². The van der Waals surface area contributed by atoms with E-state index < -0.39 is 14.0 Å². The van der Waals surface area contributed by atoms with Gasteiger partial charge in [-0.2, -0.15) is 0 Å². The van der Waals surface area contributed by atoms with E-state index >= 15 is 0 Å². The lowest BCUT2D eigenvalue weighted by Crippen LogP contribution is -2.25. The summed E-state index contributed by atoms with van der Waals surface area (Å²) in [7, 11) is 0. The van der Waals surface area contributed by atoms with Crippen LogP contribution in [-0.2, 0) is 19.4 Å². The highest BCUT2D eigenvalue weighted by atomic mass is 16.5. The van der Waals surface area contributed by atoms with Crippen molar-refractivity contribution < 1.29 is 13.0 Å². The summed E-state index contributed by atoms with van der Waals surface area (Å²) in [5, 5.41) is 3.93. The lowest BCUT2D eigenvalue weighted by molar-refractivity contribution is 0.483. The van der Waals surface area contributed by atoms with E-state index in [4.69, 9.17) is 14.7 Å². The van der Waals surface area contributed by atoms with E-state index in [1.165, 1.54) is 14.7 Å². The lowest BCUT2D eigenvalue weighted by Gasteiger charge is -2.26. The molecule has 0 unspecified atom stereocenters. The SMILES string of the molecule is [2H]C([2H])([2H])n1c2ccccc2c2c(-c3ccccc3)c3c4ccccc4n(C([2H])([2H])[2H])c3c(N3CN(c4cccc(Oc5ccc6c7ncccc7n(-c7cc(C(C)(C)C)ccn7)c6c5)c4)c4ccccc43)c21. The number of pyridine rings is 2. The Morgan fingerprint density at radius 2 is 1.19 bits per heavy atom. The second kappa shape index (κ2) is 14.6. The molecule has 5 aromatic heterocycles. The minimum atomic E-state index is -2.67. The molecular formula is C59H47N7O. The maximum absolute atomic E-state index is 9.21. The van der Waals surface area contributed by atoms with Gasteiger partial charge >= 0.3 is 0 Å². The average Bonchev–Trinajstić information content (AvgIpc) is 4.13. The molecule has 12 aromatic rings. The number of rotatable bonds is 6. The van der Waals surface area contributed by atoms with E-state index in [9.17, 15) is 8.22 Å². The molecule has 7 aromatic carbocycles. The first-order valence-electron chi connectivity index (χ1n) is 25.5. The van der Waals surface area contributed by atoms with Crippen LogP contribution in [0.15, 0.2) is 182 Å². The molecule has 0 fully saturated rings. The molecule has 67 heavy (non-hydrogen) atoms. The van der Waals surface area contributed by atoms with Crippen molar-refractivity contribution in [3.63, 3.8) is 0 Å². The molecule has 1 aliphatic rings. The molecule has 8 nitrogen and oxygen atoms in total. The Kier molecular flexibility index (Phi) is 7.22. The van der Waals surface area contributed by atoms with E-state index in [1.807, 2.05) is 164 Å². The number of para-hydroxylation sites is 4. The van der Waals surface area contributed by atoms with Crippen LogP contribution in [-0.4, -0.2) is 30.3 Å². The zero-order chi connectivity index (χ0) is 50.1.